The van der Waals surface area contributed by atoms with E-state index in [-0.39, 0.29) is 5.92 Å². The lowest BCUT2D eigenvalue weighted by Gasteiger charge is -2.36. The normalized spacial score (nSPS) is 24.5. The van der Waals surface area contributed by atoms with Crippen molar-refractivity contribution in [3.8, 4) is 0 Å². The first kappa shape index (κ1) is 16.5. The summed E-state index contributed by atoms with van der Waals surface area (Å²) in [6.45, 7) is 6.55. The molecule has 19 heavy (non-hydrogen) atoms. The van der Waals surface area contributed by atoms with Gasteiger partial charge in [-0.05, 0) is 39.3 Å². The lowest BCUT2D eigenvalue weighted by atomic mass is 9.91. The summed E-state index contributed by atoms with van der Waals surface area (Å²) in [6, 6.07) is 0.440. The number of hydrogen-bond acceptors (Lipinski definition) is 2. The molecule has 0 bridgehead atoms. The van der Waals surface area contributed by atoms with Crippen molar-refractivity contribution in [3.63, 3.8) is 0 Å². The van der Waals surface area contributed by atoms with E-state index in [0.717, 1.165) is 25.9 Å². The maximum Gasteiger partial charge on any atom is 0.306 e. The zero-order chi connectivity index (χ0) is 14.1. The van der Waals surface area contributed by atoms with Crippen LogP contribution in [0.5, 0.6) is 0 Å². The molecule has 0 aromatic rings. The zero-order valence-electron chi connectivity index (χ0n) is 12.7. The van der Waals surface area contributed by atoms with Crippen LogP contribution >= 0.6 is 0 Å². The van der Waals surface area contributed by atoms with Gasteiger partial charge in [0.05, 0.1) is 5.92 Å². The maximum absolute atomic E-state index is 11.0. The smallest absolute Gasteiger partial charge is 0.306 e. The fraction of sp³-hybridized carbons (Fsp3) is 0.938. The number of likely N-dealkylation sites (tertiary alicyclic amines) is 1. The van der Waals surface area contributed by atoms with E-state index in [2.05, 4.69) is 18.7 Å². The predicted molar refractivity (Wildman–Crippen MR) is 79.4 cm³/mol. The second kappa shape index (κ2) is 9.35. The van der Waals surface area contributed by atoms with E-state index in [4.69, 9.17) is 5.11 Å². The molecule has 2 unspecified atom stereocenters. The third kappa shape index (κ3) is 6.42. The Morgan fingerprint density at radius 1 is 1.16 bits per heavy atom. The second-order valence-electron chi connectivity index (χ2n) is 6.07. The van der Waals surface area contributed by atoms with Crippen LogP contribution in [0.2, 0.25) is 0 Å². The van der Waals surface area contributed by atoms with Gasteiger partial charge in [-0.3, -0.25) is 4.79 Å². The number of aliphatic carboxylic acids is 1. The van der Waals surface area contributed by atoms with Crippen molar-refractivity contribution < 1.29 is 9.90 Å². The molecule has 0 spiro atoms. The summed E-state index contributed by atoms with van der Waals surface area (Å²) in [4.78, 5) is 13.5. The van der Waals surface area contributed by atoms with Crippen molar-refractivity contribution in [1.29, 1.82) is 0 Å². The molecule has 1 saturated heterocycles. The molecule has 1 aliphatic heterocycles. The van der Waals surface area contributed by atoms with E-state index >= 15 is 0 Å². The molecule has 1 N–H and O–H groups in total. The Balaban J connectivity index is 2.05. The molecule has 0 aromatic carbocycles. The quantitative estimate of drug-likeness (QED) is 0.645. The number of nitrogens with zero attached hydrogens (tertiary/aromatic N) is 1. The molecule has 1 rings (SSSR count). The van der Waals surface area contributed by atoms with E-state index in [1.807, 2.05) is 0 Å². The molecule has 0 saturated carbocycles. The fourth-order valence-electron chi connectivity index (χ4n) is 3.05. The monoisotopic (exact) mass is 269 g/mol. The van der Waals surface area contributed by atoms with Gasteiger partial charge in [0, 0.05) is 6.04 Å². The lowest BCUT2D eigenvalue weighted by molar-refractivity contribution is -0.144. The predicted octanol–water partition coefficient (Wildman–Crippen LogP) is 3.92. The minimum Gasteiger partial charge on any atom is -0.481 e. The van der Waals surface area contributed by atoms with E-state index in [1.165, 1.54) is 44.9 Å². The maximum atomic E-state index is 11.0. The summed E-state index contributed by atoms with van der Waals surface area (Å²) in [7, 11) is 0. The number of carboxylic acids is 1. The first-order chi connectivity index (χ1) is 9.15. The largest absolute Gasteiger partial charge is 0.481 e. The van der Waals surface area contributed by atoms with Gasteiger partial charge in [0.2, 0.25) is 0 Å². The highest BCUT2D eigenvalue weighted by molar-refractivity contribution is 5.70. The van der Waals surface area contributed by atoms with Gasteiger partial charge in [-0.25, -0.2) is 0 Å². The summed E-state index contributed by atoms with van der Waals surface area (Å²) >= 11 is 0. The van der Waals surface area contributed by atoms with Gasteiger partial charge >= 0.3 is 5.97 Å². The third-order valence-electron chi connectivity index (χ3n) is 4.41. The Morgan fingerprint density at radius 2 is 1.79 bits per heavy atom. The van der Waals surface area contributed by atoms with E-state index in [0.29, 0.717) is 6.04 Å². The molecule has 2 atom stereocenters. The van der Waals surface area contributed by atoms with Crippen molar-refractivity contribution >= 4 is 5.97 Å². The van der Waals surface area contributed by atoms with Crippen LogP contribution in [-0.4, -0.2) is 35.1 Å². The molecule has 112 valence electrons. The van der Waals surface area contributed by atoms with E-state index < -0.39 is 5.97 Å². The summed E-state index contributed by atoms with van der Waals surface area (Å²) in [5, 5.41) is 9.04. The SMILES string of the molecule is CCCCCCCCCN1CCC(C(=O)O)CC1C. The molecule has 3 heteroatoms. The topological polar surface area (TPSA) is 40.5 Å². The van der Waals surface area contributed by atoms with Gasteiger partial charge in [-0.2, -0.15) is 0 Å². The highest BCUT2D eigenvalue weighted by atomic mass is 16.4. The molecule has 0 aromatic heterocycles. The Morgan fingerprint density at radius 3 is 2.37 bits per heavy atom. The van der Waals surface area contributed by atoms with Crippen LogP contribution in [-0.2, 0) is 4.79 Å². The van der Waals surface area contributed by atoms with Crippen LogP contribution in [0.25, 0.3) is 0 Å². The Hall–Kier alpha value is -0.570. The van der Waals surface area contributed by atoms with Crippen LogP contribution in [0, 0.1) is 5.92 Å². The Kier molecular flexibility index (Phi) is 8.11. The number of piperidine rings is 1. The van der Waals surface area contributed by atoms with Gasteiger partial charge < -0.3 is 10.0 Å². The fourth-order valence-corrected chi connectivity index (χ4v) is 3.05. The molecular formula is C16H31NO2. The first-order valence-corrected chi connectivity index (χ1v) is 8.12. The van der Waals surface area contributed by atoms with E-state index in [9.17, 15) is 4.79 Å². The van der Waals surface area contributed by atoms with Crippen molar-refractivity contribution in [1.82, 2.24) is 4.90 Å². The number of carbonyl (C=O) groups is 1. The van der Waals surface area contributed by atoms with Gasteiger partial charge in [-0.1, -0.05) is 45.4 Å². The molecule has 1 heterocycles. The van der Waals surface area contributed by atoms with Gasteiger partial charge in [-0.15, -0.1) is 0 Å². The molecule has 0 aliphatic carbocycles. The highest BCUT2D eigenvalue weighted by Crippen LogP contribution is 2.23. The second-order valence-corrected chi connectivity index (χ2v) is 6.07. The lowest BCUT2D eigenvalue weighted by Crippen LogP contribution is -2.43. The van der Waals surface area contributed by atoms with Crippen molar-refractivity contribution in [2.75, 3.05) is 13.1 Å². The number of rotatable bonds is 9. The highest BCUT2D eigenvalue weighted by Gasteiger charge is 2.28. The minimum atomic E-state index is -0.609. The Bertz CT molecular complexity index is 255. The van der Waals surface area contributed by atoms with Crippen LogP contribution in [0.1, 0.15) is 71.6 Å². The van der Waals surface area contributed by atoms with Gasteiger partial charge in [0.25, 0.3) is 0 Å². The first-order valence-electron chi connectivity index (χ1n) is 8.12. The van der Waals surface area contributed by atoms with Crippen molar-refractivity contribution in [2.24, 2.45) is 5.92 Å². The zero-order valence-corrected chi connectivity index (χ0v) is 12.7. The third-order valence-corrected chi connectivity index (χ3v) is 4.41. The van der Waals surface area contributed by atoms with Crippen LogP contribution in [0.15, 0.2) is 0 Å². The molecule has 0 amide bonds. The average Bonchev–Trinajstić information content (AvgIpc) is 2.39. The number of carboxylic acid groups (broad SMARTS) is 1. The molecule has 3 nitrogen and oxygen atoms in total. The Labute approximate surface area is 118 Å². The minimum absolute atomic E-state index is 0.111. The molecular weight excluding hydrogens is 238 g/mol. The summed E-state index contributed by atoms with van der Waals surface area (Å²) < 4.78 is 0. The van der Waals surface area contributed by atoms with Crippen LogP contribution in [0.3, 0.4) is 0 Å². The standard InChI is InChI=1S/C16H31NO2/c1-3-4-5-6-7-8-9-11-17-12-10-15(16(18)19)13-14(17)2/h14-15H,3-13H2,1-2H3,(H,18,19). The van der Waals surface area contributed by atoms with Crippen LogP contribution in [0.4, 0.5) is 0 Å². The van der Waals surface area contributed by atoms with Gasteiger partial charge in [0.15, 0.2) is 0 Å². The van der Waals surface area contributed by atoms with Gasteiger partial charge in [0.1, 0.15) is 0 Å². The molecule has 1 fully saturated rings. The van der Waals surface area contributed by atoms with Crippen molar-refractivity contribution in [3.05, 3.63) is 0 Å². The van der Waals surface area contributed by atoms with Crippen LogP contribution < -0.4 is 0 Å². The molecule has 0 radical (unpaired) electrons. The van der Waals surface area contributed by atoms with E-state index in [1.54, 1.807) is 0 Å². The average molecular weight is 269 g/mol. The molecule has 1 aliphatic rings. The van der Waals surface area contributed by atoms with Crippen molar-refractivity contribution in [2.45, 2.75) is 77.7 Å². The summed E-state index contributed by atoms with van der Waals surface area (Å²) in [5.74, 6) is -0.720. The summed E-state index contributed by atoms with van der Waals surface area (Å²) in [5.41, 5.74) is 0. The number of hydrogen-bond donors (Lipinski definition) is 1. The number of unbranched alkanes of at least 4 members (excludes halogenated alkanes) is 6. The summed E-state index contributed by atoms with van der Waals surface area (Å²) in [6.07, 6.45) is 11.1.